The van der Waals surface area contributed by atoms with Crippen molar-refractivity contribution in [1.82, 2.24) is 8.87 Å². The van der Waals surface area contributed by atoms with Gasteiger partial charge in [0.25, 0.3) is 5.56 Å². The van der Waals surface area contributed by atoms with Crippen molar-refractivity contribution in [2.75, 3.05) is 13.1 Å². The van der Waals surface area contributed by atoms with E-state index in [9.17, 15) is 13.8 Å². The van der Waals surface area contributed by atoms with Crippen LogP contribution in [0.3, 0.4) is 0 Å². The molecule has 2 atom stereocenters. The van der Waals surface area contributed by atoms with Crippen molar-refractivity contribution in [3.05, 3.63) is 76.9 Å². The topological polar surface area (TPSA) is 108 Å². The van der Waals surface area contributed by atoms with Gasteiger partial charge in [-0.15, -0.1) is 0 Å². The standard InChI is InChI=1S/C23H21N3O5S/c24-17-6-10-26(13-17)32(29)21-3-1-2-19-18(21)7-9-25(22(19)27)14-31-23(28)16-4-5-20-15(12-16)8-11-30-20/h1-5,7-9,11-12,17H,6,10,13-14,24H2. The van der Waals surface area contributed by atoms with E-state index in [1.807, 2.05) is 4.31 Å². The quantitative estimate of drug-likeness (QED) is 0.468. The lowest BCUT2D eigenvalue weighted by Gasteiger charge is -2.16. The number of furan rings is 1. The molecule has 1 aliphatic heterocycles. The van der Waals surface area contributed by atoms with Gasteiger partial charge in [0, 0.05) is 41.5 Å². The molecule has 5 rings (SSSR count). The van der Waals surface area contributed by atoms with Crippen molar-refractivity contribution >= 4 is 38.7 Å². The third-order valence-corrected chi connectivity index (χ3v) is 7.14. The summed E-state index contributed by atoms with van der Waals surface area (Å²) in [5.41, 5.74) is 6.67. The van der Waals surface area contributed by atoms with E-state index in [1.165, 1.54) is 4.57 Å². The molecule has 0 saturated carbocycles. The van der Waals surface area contributed by atoms with Gasteiger partial charge in [0.1, 0.15) is 16.6 Å². The van der Waals surface area contributed by atoms with E-state index in [2.05, 4.69) is 0 Å². The predicted molar refractivity (Wildman–Crippen MR) is 120 cm³/mol. The van der Waals surface area contributed by atoms with Gasteiger partial charge < -0.3 is 14.9 Å². The SMILES string of the molecule is NC1CCN(S(=O)c2cccc3c(=O)n(COC(=O)c4ccc5occc5c4)ccc23)C1. The molecule has 9 heteroatoms. The highest BCUT2D eigenvalue weighted by Crippen LogP contribution is 2.24. The molecule has 0 amide bonds. The average molecular weight is 452 g/mol. The highest BCUT2D eigenvalue weighted by Gasteiger charge is 2.26. The fourth-order valence-electron chi connectivity index (χ4n) is 3.89. The summed E-state index contributed by atoms with van der Waals surface area (Å²) in [6, 6.07) is 13.6. The first-order valence-electron chi connectivity index (χ1n) is 10.2. The van der Waals surface area contributed by atoms with E-state index < -0.39 is 17.0 Å². The van der Waals surface area contributed by atoms with E-state index in [0.717, 1.165) is 11.8 Å². The molecule has 1 fully saturated rings. The molecule has 2 aromatic carbocycles. The van der Waals surface area contributed by atoms with Gasteiger partial charge in [-0.05, 0) is 48.9 Å². The van der Waals surface area contributed by atoms with Crippen molar-refractivity contribution in [3.8, 4) is 0 Å². The number of carbonyl (C=O) groups is 1. The first-order valence-corrected chi connectivity index (χ1v) is 11.3. The Morgan fingerprint density at radius 2 is 2.06 bits per heavy atom. The number of nitrogens with zero attached hydrogens (tertiary/aromatic N) is 2. The molecular weight excluding hydrogens is 430 g/mol. The number of pyridine rings is 1. The number of nitrogens with two attached hydrogens (primary N) is 1. The Hall–Kier alpha value is -3.27. The zero-order valence-corrected chi connectivity index (χ0v) is 17.9. The summed E-state index contributed by atoms with van der Waals surface area (Å²) < 4.78 is 26.8. The highest BCUT2D eigenvalue weighted by molar-refractivity contribution is 7.83. The summed E-state index contributed by atoms with van der Waals surface area (Å²) in [4.78, 5) is 26.0. The average Bonchev–Trinajstić information content (AvgIpc) is 3.46. The maximum Gasteiger partial charge on any atom is 0.339 e. The molecule has 0 aliphatic carbocycles. The number of aromatic nitrogens is 1. The minimum Gasteiger partial charge on any atom is -0.464 e. The molecular formula is C23H21N3O5S. The number of fused-ring (bicyclic) bond motifs is 2. The van der Waals surface area contributed by atoms with Crippen molar-refractivity contribution in [1.29, 1.82) is 0 Å². The van der Waals surface area contributed by atoms with Gasteiger partial charge in [0.2, 0.25) is 0 Å². The molecule has 0 radical (unpaired) electrons. The molecule has 164 valence electrons. The molecule has 32 heavy (non-hydrogen) atoms. The highest BCUT2D eigenvalue weighted by atomic mass is 32.2. The van der Waals surface area contributed by atoms with Gasteiger partial charge in [-0.3, -0.25) is 9.36 Å². The first-order chi connectivity index (χ1) is 15.5. The third-order valence-electron chi connectivity index (χ3n) is 5.61. The maximum atomic E-state index is 13.0. The van der Waals surface area contributed by atoms with Crippen LogP contribution in [-0.2, 0) is 22.5 Å². The van der Waals surface area contributed by atoms with E-state index in [1.54, 1.807) is 61.0 Å². The molecule has 4 aromatic rings. The monoisotopic (exact) mass is 451 g/mol. The van der Waals surface area contributed by atoms with Crippen LogP contribution in [0.15, 0.2) is 75.1 Å². The first kappa shape index (κ1) is 20.6. The molecule has 0 bridgehead atoms. The minimum atomic E-state index is -1.40. The van der Waals surface area contributed by atoms with Crippen LogP contribution < -0.4 is 11.3 Å². The second-order valence-electron chi connectivity index (χ2n) is 7.73. The molecule has 3 heterocycles. The lowest BCUT2D eigenvalue weighted by molar-refractivity contribution is 0.0367. The van der Waals surface area contributed by atoms with Gasteiger partial charge in [-0.1, -0.05) is 6.07 Å². The number of benzene rings is 2. The van der Waals surface area contributed by atoms with Crippen LogP contribution in [0.25, 0.3) is 21.7 Å². The molecule has 2 unspecified atom stereocenters. The van der Waals surface area contributed by atoms with Gasteiger partial charge in [-0.25, -0.2) is 13.3 Å². The Morgan fingerprint density at radius 3 is 2.88 bits per heavy atom. The van der Waals surface area contributed by atoms with Crippen LogP contribution in [0.2, 0.25) is 0 Å². The Morgan fingerprint density at radius 1 is 1.19 bits per heavy atom. The van der Waals surface area contributed by atoms with Crippen LogP contribution in [0.4, 0.5) is 0 Å². The minimum absolute atomic E-state index is 0.00931. The second-order valence-corrected chi connectivity index (χ2v) is 9.18. The fraction of sp³-hybridized carbons (Fsp3) is 0.217. The summed E-state index contributed by atoms with van der Waals surface area (Å²) in [5, 5.41) is 1.82. The summed E-state index contributed by atoms with van der Waals surface area (Å²) in [6.07, 6.45) is 3.89. The van der Waals surface area contributed by atoms with E-state index in [-0.39, 0.29) is 18.3 Å². The number of esters is 1. The molecule has 1 saturated heterocycles. The van der Waals surface area contributed by atoms with Crippen LogP contribution in [-0.4, -0.2) is 38.2 Å². The largest absolute Gasteiger partial charge is 0.464 e. The fourth-order valence-corrected chi connectivity index (χ4v) is 5.33. The summed E-state index contributed by atoms with van der Waals surface area (Å²) in [7, 11) is -1.40. The normalized spacial score (nSPS) is 17.7. The summed E-state index contributed by atoms with van der Waals surface area (Å²) >= 11 is 0. The van der Waals surface area contributed by atoms with E-state index >= 15 is 0 Å². The van der Waals surface area contributed by atoms with E-state index in [0.29, 0.717) is 39.9 Å². The van der Waals surface area contributed by atoms with E-state index in [4.69, 9.17) is 14.9 Å². The zero-order valence-electron chi connectivity index (χ0n) is 17.1. The molecule has 0 spiro atoms. The number of hydrogen-bond donors (Lipinski definition) is 1. The lowest BCUT2D eigenvalue weighted by atomic mass is 10.2. The predicted octanol–water partition coefficient (Wildman–Crippen LogP) is 2.62. The Kier molecular flexibility index (Phi) is 5.38. The molecule has 2 N–H and O–H groups in total. The third kappa shape index (κ3) is 3.75. The second kappa shape index (κ2) is 8.34. The van der Waals surface area contributed by atoms with Crippen LogP contribution >= 0.6 is 0 Å². The molecule has 8 nitrogen and oxygen atoms in total. The Balaban J connectivity index is 1.38. The van der Waals surface area contributed by atoms with Crippen molar-refractivity contribution < 1.29 is 18.2 Å². The smallest absolute Gasteiger partial charge is 0.339 e. The van der Waals surface area contributed by atoms with Gasteiger partial charge >= 0.3 is 5.97 Å². The van der Waals surface area contributed by atoms with Crippen LogP contribution in [0.1, 0.15) is 16.8 Å². The van der Waals surface area contributed by atoms with Gasteiger partial charge in [-0.2, -0.15) is 0 Å². The number of rotatable bonds is 5. The molecule has 1 aliphatic rings. The Bertz CT molecular complexity index is 1410. The summed E-state index contributed by atoms with van der Waals surface area (Å²) in [5.74, 6) is -0.541. The number of carbonyl (C=O) groups excluding carboxylic acids is 1. The van der Waals surface area contributed by atoms with Crippen molar-refractivity contribution in [2.45, 2.75) is 24.1 Å². The zero-order chi connectivity index (χ0) is 22.2. The number of hydrogen-bond acceptors (Lipinski definition) is 6. The van der Waals surface area contributed by atoms with Gasteiger partial charge in [0.05, 0.1) is 16.7 Å². The van der Waals surface area contributed by atoms with Crippen molar-refractivity contribution in [2.24, 2.45) is 5.73 Å². The maximum absolute atomic E-state index is 13.0. The summed E-state index contributed by atoms with van der Waals surface area (Å²) in [6.45, 7) is 0.980. The number of ether oxygens (including phenoxy) is 1. The van der Waals surface area contributed by atoms with Gasteiger partial charge in [0.15, 0.2) is 6.73 Å². The van der Waals surface area contributed by atoms with Crippen LogP contribution in [0.5, 0.6) is 0 Å². The van der Waals surface area contributed by atoms with Crippen LogP contribution in [0, 0.1) is 0 Å². The van der Waals surface area contributed by atoms with Crippen molar-refractivity contribution in [3.63, 3.8) is 0 Å². The Labute approximate surface area is 185 Å². The molecule has 2 aromatic heterocycles. The lowest BCUT2D eigenvalue weighted by Crippen LogP contribution is -2.28.